The highest BCUT2D eigenvalue weighted by Crippen LogP contribution is 2.09. The molecule has 2 rings (SSSR count). The number of methoxy groups -OCH3 is 1. The standard InChI is InChI=1S/C7H8N4O/c1-5-3-6(12-2)10-7-8-4-9-11(5)7/h3-4H,1-2H3. The van der Waals surface area contributed by atoms with Gasteiger partial charge in [0.15, 0.2) is 0 Å². The summed E-state index contributed by atoms with van der Waals surface area (Å²) >= 11 is 0. The van der Waals surface area contributed by atoms with Crippen LogP contribution in [0.5, 0.6) is 5.88 Å². The Hall–Kier alpha value is -1.65. The molecular weight excluding hydrogens is 156 g/mol. The van der Waals surface area contributed by atoms with Crippen LogP contribution in [0.1, 0.15) is 5.69 Å². The van der Waals surface area contributed by atoms with Crippen molar-refractivity contribution in [2.45, 2.75) is 6.92 Å². The molecule has 0 unspecified atom stereocenters. The Morgan fingerprint density at radius 1 is 1.50 bits per heavy atom. The predicted molar refractivity (Wildman–Crippen MR) is 42.1 cm³/mol. The largest absolute Gasteiger partial charge is 0.481 e. The Kier molecular flexibility index (Phi) is 1.43. The number of rotatable bonds is 1. The van der Waals surface area contributed by atoms with Gasteiger partial charge >= 0.3 is 0 Å². The van der Waals surface area contributed by atoms with E-state index < -0.39 is 0 Å². The molecule has 2 aromatic rings. The molecule has 0 aliphatic rings. The average Bonchev–Trinajstić information content (AvgIpc) is 2.52. The van der Waals surface area contributed by atoms with Crippen molar-refractivity contribution in [3.05, 3.63) is 18.1 Å². The van der Waals surface area contributed by atoms with Crippen LogP contribution in [0.3, 0.4) is 0 Å². The number of ether oxygens (including phenoxy) is 1. The lowest BCUT2D eigenvalue weighted by molar-refractivity contribution is 0.397. The van der Waals surface area contributed by atoms with Crippen LogP contribution in [0, 0.1) is 6.92 Å². The quantitative estimate of drug-likeness (QED) is 0.613. The first-order chi connectivity index (χ1) is 5.81. The van der Waals surface area contributed by atoms with Crippen molar-refractivity contribution in [3.63, 3.8) is 0 Å². The van der Waals surface area contributed by atoms with Crippen molar-refractivity contribution in [3.8, 4) is 5.88 Å². The average molecular weight is 164 g/mol. The van der Waals surface area contributed by atoms with Crippen LogP contribution in [0.4, 0.5) is 0 Å². The summed E-state index contributed by atoms with van der Waals surface area (Å²) < 4.78 is 6.64. The Labute approximate surface area is 69.0 Å². The molecule has 2 heterocycles. The van der Waals surface area contributed by atoms with Gasteiger partial charge in [-0.25, -0.2) is 4.52 Å². The minimum absolute atomic E-state index is 0.562. The fraction of sp³-hybridized carbons (Fsp3) is 0.286. The maximum atomic E-state index is 4.98. The number of hydrogen-bond acceptors (Lipinski definition) is 4. The number of aromatic nitrogens is 4. The maximum absolute atomic E-state index is 4.98. The van der Waals surface area contributed by atoms with E-state index in [4.69, 9.17) is 4.74 Å². The highest BCUT2D eigenvalue weighted by Gasteiger charge is 2.02. The summed E-state index contributed by atoms with van der Waals surface area (Å²) in [6.45, 7) is 1.92. The molecule has 5 heteroatoms. The zero-order chi connectivity index (χ0) is 8.55. The van der Waals surface area contributed by atoms with Gasteiger partial charge in [-0.2, -0.15) is 15.1 Å². The fourth-order valence-electron chi connectivity index (χ4n) is 1.04. The van der Waals surface area contributed by atoms with E-state index in [0.29, 0.717) is 11.7 Å². The van der Waals surface area contributed by atoms with Gasteiger partial charge in [0, 0.05) is 11.8 Å². The molecule has 12 heavy (non-hydrogen) atoms. The van der Waals surface area contributed by atoms with Crippen LogP contribution in [-0.4, -0.2) is 26.7 Å². The summed E-state index contributed by atoms with van der Waals surface area (Å²) in [5.41, 5.74) is 0.953. The third-order valence-corrected chi connectivity index (χ3v) is 1.62. The van der Waals surface area contributed by atoms with Crippen molar-refractivity contribution >= 4 is 5.78 Å². The van der Waals surface area contributed by atoms with Crippen LogP contribution in [0.25, 0.3) is 5.78 Å². The van der Waals surface area contributed by atoms with Crippen LogP contribution < -0.4 is 4.74 Å². The van der Waals surface area contributed by atoms with Crippen LogP contribution >= 0.6 is 0 Å². The Morgan fingerprint density at radius 3 is 3.08 bits per heavy atom. The summed E-state index contributed by atoms with van der Waals surface area (Å²) in [7, 11) is 1.58. The second-order valence-corrected chi connectivity index (χ2v) is 2.41. The Balaban J connectivity index is 2.75. The molecule has 0 N–H and O–H groups in total. The molecule has 0 saturated carbocycles. The number of aryl methyl sites for hydroxylation is 1. The highest BCUT2D eigenvalue weighted by atomic mass is 16.5. The molecule has 5 nitrogen and oxygen atoms in total. The number of nitrogens with zero attached hydrogens (tertiary/aromatic N) is 4. The molecule has 0 spiro atoms. The second kappa shape index (κ2) is 2.44. The fourth-order valence-corrected chi connectivity index (χ4v) is 1.04. The summed E-state index contributed by atoms with van der Waals surface area (Å²) in [6, 6.07) is 1.81. The minimum atomic E-state index is 0.562. The smallest absolute Gasteiger partial charge is 0.255 e. The maximum Gasteiger partial charge on any atom is 0.255 e. The number of hydrogen-bond donors (Lipinski definition) is 0. The number of fused-ring (bicyclic) bond motifs is 1. The van der Waals surface area contributed by atoms with Crippen LogP contribution in [0.2, 0.25) is 0 Å². The van der Waals surface area contributed by atoms with Gasteiger partial charge in [0.1, 0.15) is 6.33 Å². The van der Waals surface area contributed by atoms with Gasteiger partial charge in [0.25, 0.3) is 5.78 Å². The molecule has 2 aromatic heterocycles. The van der Waals surface area contributed by atoms with Gasteiger partial charge in [-0.05, 0) is 6.92 Å². The summed E-state index contributed by atoms with van der Waals surface area (Å²) in [5.74, 6) is 1.12. The zero-order valence-electron chi connectivity index (χ0n) is 6.85. The van der Waals surface area contributed by atoms with Gasteiger partial charge in [-0.3, -0.25) is 0 Å². The van der Waals surface area contributed by atoms with Gasteiger partial charge < -0.3 is 4.74 Å². The lowest BCUT2D eigenvalue weighted by Crippen LogP contribution is -1.98. The van der Waals surface area contributed by atoms with E-state index in [0.717, 1.165) is 5.69 Å². The predicted octanol–water partition coefficient (Wildman–Crippen LogP) is 0.441. The molecule has 0 atom stereocenters. The molecule has 62 valence electrons. The SMILES string of the molecule is COc1cc(C)n2ncnc2n1. The van der Waals surface area contributed by atoms with Gasteiger partial charge in [0.2, 0.25) is 5.88 Å². The zero-order valence-corrected chi connectivity index (χ0v) is 6.85. The Morgan fingerprint density at radius 2 is 2.33 bits per heavy atom. The molecular formula is C7H8N4O. The first-order valence-corrected chi connectivity index (χ1v) is 3.52. The van der Waals surface area contributed by atoms with Crippen molar-refractivity contribution in [1.29, 1.82) is 0 Å². The molecule has 0 saturated heterocycles. The van der Waals surface area contributed by atoms with E-state index >= 15 is 0 Å². The third-order valence-electron chi connectivity index (χ3n) is 1.62. The highest BCUT2D eigenvalue weighted by molar-refractivity contribution is 5.32. The monoisotopic (exact) mass is 164 g/mol. The van der Waals surface area contributed by atoms with Crippen LogP contribution in [0.15, 0.2) is 12.4 Å². The molecule has 0 amide bonds. The van der Waals surface area contributed by atoms with Gasteiger partial charge in [0.05, 0.1) is 7.11 Å². The molecule has 0 aliphatic carbocycles. The topological polar surface area (TPSA) is 52.3 Å². The van der Waals surface area contributed by atoms with E-state index in [1.807, 2.05) is 13.0 Å². The molecule has 0 aliphatic heterocycles. The molecule has 0 radical (unpaired) electrons. The van der Waals surface area contributed by atoms with Crippen LogP contribution in [-0.2, 0) is 0 Å². The van der Waals surface area contributed by atoms with E-state index in [-0.39, 0.29) is 0 Å². The first-order valence-electron chi connectivity index (χ1n) is 3.52. The van der Waals surface area contributed by atoms with Crippen molar-refractivity contribution in [2.24, 2.45) is 0 Å². The minimum Gasteiger partial charge on any atom is -0.481 e. The molecule has 0 bridgehead atoms. The Bertz CT molecular complexity index is 409. The van der Waals surface area contributed by atoms with Crippen molar-refractivity contribution in [2.75, 3.05) is 7.11 Å². The van der Waals surface area contributed by atoms with E-state index in [9.17, 15) is 0 Å². The van der Waals surface area contributed by atoms with Gasteiger partial charge in [-0.15, -0.1) is 0 Å². The lowest BCUT2D eigenvalue weighted by Gasteiger charge is -2.00. The van der Waals surface area contributed by atoms with E-state index in [1.54, 1.807) is 11.6 Å². The van der Waals surface area contributed by atoms with E-state index in [1.165, 1.54) is 6.33 Å². The third kappa shape index (κ3) is 0.903. The summed E-state index contributed by atoms with van der Waals surface area (Å²) in [6.07, 6.45) is 1.47. The van der Waals surface area contributed by atoms with E-state index in [2.05, 4.69) is 15.1 Å². The molecule has 0 aromatic carbocycles. The summed E-state index contributed by atoms with van der Waals surface area (Å²) in [5, 5.41) is 3.98. The van der Waals surface area contributed by atoms with Gasteiger partial charge in [-0.1, -0.05) is 0 Å². The normalized spacial score (nSPS) is 10.5. The molecule has 0 fully saturated rings. The first kappa shape index (κ1) is 7.02. The lowest BCUT2D eigenvalue weighted by atomic mass is 10.4. The van der Waals surface area contributed by atoms with Crippen molar-refractivity contribution < 1.29 is 4.74 Å². The second-order valence-electron chi connectivity index (χ2n) is 2.41. The van der Waals surface area contributed by atoms with Crippen molar-refractivity contribution in [1.82, 2.24) is 19.6 Å². The summed E-state index contributed by atoms with van der Waals surface area (Å²) in [4.78, 5) is 8.03.